The third-order valence-corrected chi connectivity index (χ3v) is 3.10. The van der Waals surface area contributed by atoms with Gasteiger partial charge in [0.15, 0.2) is 0 Å². The van der Waals surface area contributed by atoms with Crippen molar-refractivity contribution in [3.8, 4) is 12.3 Å². The van der Waals surface area contributed by atoms with E-state index in [1.54, 1.807) is 0 Å². The average molecular weight is 212 g/mol. The zero-order chi connectivity index (χ0) is 11.4. The molecule has 1 aromatic rings. The van der Waals surface area contributed by atoms with Crippen molar-refractivity contribution in [1.29, 1.82) is 0 Å². The summed E-state index contributed by atoms with van der Waals surface area (Å²) in [6.45, 7) is 0. The minimum absolute atomic E-state index is 0.211. The lowest BCUT2D eigenvalue weighted by Gasteiger charge is -2.25. The first-order valence-electron chi connectivity index (χ1n) is 5.71. The molecule has 0 aliphatic heterocycles. The van der Waals surface area contributed by atoms with Crippen molar-refractivity contribution in [3.63, 3.8) is 0 Å². The van der Waals surface area contributed by atoms with E-state index in [1.165, 1.54) is 0 Å². The van der Waals surface area contributed by atoms with Crippen LogP contribution in [0.2, 0.25) is 0 Å². The Bertz CT molecular complexity index is 425. The normalized spacial score (nSPS) is 22.5. The Balaban J connectivity index is 2.09. The highest BCUT2D eigenvalue weighted by molar-refractivity contribution is 5.57. The van der Waals surface area contributed by atoms with Crippen LogP contribution < -0.4 is 0 Å². The number of aliphatic hydroxyl groups is 1. The summed E-state index contributed by atoms with van der Waals surface area (Å²) in [5.74, 6) is 2.85. The number of unbranched alkanes of at least 4 members (excludes halogenated alkanes) is 1. The van der Waals surface area contributed by atoms with E-state index in [0.29, 0.717) is 0 Å². The molecule has 0 aromatic heterocycles. The molecule has 0 radical (unpaired) electrons. The maximum Gasteiger partial charge on any atom is 0.0858 e. The van der Waals surface area contributed by atoms with Gasteiger partial charge < -0.3 is 5.11 Å². The molecule has 0 unspecified atom stereocenters. The summed E-state index contributed by atoms with van der Waals surface area (Å²) in [4.78, 5) is 0. The highest BCUT2D eigenvalue weighted by Crippen LogP contribution is 2.34. The molecule has 82 valence electrons. The maximum atomic E-state index is 10.2. The van der Waals surface area contributed by atoms with Gasteiger partial charge in [0.05, 0.1) is 6.10 Å². The first kappa shape index (κ1) is 11.0. The summed E-state index contributed by atoms with van der Waals surface area (Å²) in [7, 11) is 0. The SMILES string of the molecule is C#CCCC[C@H]1C=Cc2ccccc2[C@H]1O. The van der Waals surface area contributed by atoms with Crippen molar-refractivity contribution < 1.29 is 5.11 Å². The van der Waals surface area contributed by atoms with E-state index < -0.39 is 0 Å². The van der Waals surface area contributed by atoms with Gasteiger partial charge in [0.1, 0.15) is 0 Å². The van der Waals surface area contributed by atoms with Gasteiger partial charge in [-0.05, 0) is 24.0 Å². The number of rotatable bonds is 3. The summed E-state index contributed by atoms with van der Waals surface area (Å²) in [6, 6.07) is 8.00. The second-order valence-corrected chi connectivity index (χ2v) is 4.19. The van der Waals surface area contributed by atoms with Gasteiger partial charge in [0.2, 0.25) is 0 Å². The Hall–Kier alpha value is -1.52. The van der Waals surface area contributed by atoms with E-state index >= 15 is 0 Å². The highest BCUT2D eigenvalue weighted by Gasteiger charge is 2.22. The van der Waals surface area contributed by atoms with E-state index in [4.69, 9.17) is 6.42 Å². The molecular weight excluding hydrogens is 196 g/mol. The quantitative estimate of drug-likeness (QED) is 0.602. The van der Waals surface area contributed by atoms with Gasteiger partial charge in [-0.25, -0.2) is 0 Å². The van der Waals surface area contributed by atoms with Crippen LogP contribution >= 0.6 is 0 Å². The minimum atomic E-state index is -0.376. The Kier molecular flexibility index (Phi) is 3.44. The standard InChI is InChI=1S/C15H16O/c1-2-3-4-8-13-11-10-12-7-5-6-9-14(12)15(13)16/h1,5-7,9-11,13,15-16H,3-4,8H2/t13-,15-/m0/s1. The zero-order valence-corrected chi connectivity index (χ0v) is 9.26. The smallest absolute Gasteiger partial charge is 0.0858 e. The van der Waals surface area contributed by atoms with Crippen LogP contribution in [0.1, 0.15) is 36.5 Å². The van der Waals surface area contributed by atoms with Crippen molar-refractivity contribution >= 4 is 6.08 Å². The number of benzene rings is 1. The number of aliphatic hydroxyl groups excluding tert-OH is 1. The van der Waals surface area contributed by atoms with Gasteiger partial charge in [-0.2, -0.15) is 0 Å². The predicted molar refractivity (Wildman–Crippen MR) is 66.6 cm³/mol. The summed E-state index contributed by atoms with van der Waals surface area (Å²) in [6.07, 6.45) is 11.8. The highest BCUT2D eigenvalue weighted by atomic mass is 16.3. The van der Waals surface area contributed by atoms with Crippen LogP contribution in [0.15, 0.2) is 30.3 Å². The number of hydrogen-bond donors (Lipinski definition) is 1. The molecule has 1 aliphatic carbocycles. The predicted octanol–water partition coefficient (Wildman–Crippen LogP) is 3.17. The third-order valence-electron chi connectivity index (χ3n) is 3.10. The summed E-state index contributed by atoms with van der Waals surface area (Å²) in [5.41, 5.74) is 2.17. The lowest BCUT2D eigenvalue weighted by atomic mass is 9.84. The number of fused-ring (bicyclic) bond motifs is 1. The molecule has 0 spiro atoms. The molecule has 1 heteroatoms. The third kappa shape index (κ3) is 2.18. The molecule has 2 rings (SSSR count). The van der Waals surface area contributed by atoms with E-state index in [2.05, 4.69) is 18.1 Å². The minimum Gasteiger partial charge on any atom is -0.388 e. The van der Waals surface area contributed by atoms with E-state index in [9.17, 15) is 5.11 Å². The van der Waals surface area contributed by atoms with Gasteiger partial charge in [-0.3, -0.25) is 0 Å². The first-order chi connectivity index (χ1) is 7.83. The van der Waals surface area contributed by atoms with E-state index in [1.807, 2.05) is 24.3 Å². The monoisotopic (exact) mass is 212 g/mol. The Morgan fingerprint density at radius 3 is 2.94 bits per heavy atom. The Morgan fingerprint density at radius 2 is 2.12 bits per heavy atom. The molecular formula is C15H16O. The molecule has 0 heterocycles. The molecule has 16 heavy (non-hydrogen) atoms. The van der Waals surface area contributed by atoms with Gasteiger partial charge in [-0.15, -0.1) is 12.3 Å². The molecule has 1 aliphatic rings. The Labute approximate surface area is 96.8 Å². The van der Waals surface area contributed by atoms with Gasteiger partial charge in [0, 0.05) is 12.3 Å². The van der Waals surface area contributed by atoms with Crippen LogP contribution in [0, 0.1) is 18.3 Å². The summed E-state index contributed by atoms with van der Waals surface area (Å²) < 4.78 is 0. The number of terminal acetylenes is 1. The second-order valence-electron chi connectivity index (χ2n) is 4.19. The van der Waals surface area contributed by atoms with E-state index in [-0.39, 0.29) is 12.0 Å². The molecule has 1 aromatic carbocycles. The molecule has 0 saturated heterocycles. The van der Waals surface area contributed by atoms with Crippen LogP contribution in [-0.4, -0.2) is 5.11 Å². The van der Waals surface area contributed by atoms with Crippen LogP contribution in [0.4, 0.5) is 0 Å². The van der Waals surface area contributed by atoms with Crippen molar-refractivity contribution in [3.05, 3.63) is 41.5 Å². The molecule has 0 bridgehead atoms. The Morgan fingerprint density at radius 1 is 1.31 bits per heavy atom. The fraction of sp³-hybridized carbons (Fsp3) is 0.333. The van der Waals surface area contributed by atoms with Crippen LogP contribution in [0.25, 0.3) is 6.08 Å². The second kappa shape index (κ2) is 5.01. The van der Waals surface area contributed by atoms with Gasteiger partial charge in [0.25, 0.3) is 0 Å². The van der Waals surface area contributed by atoms with Crippen molar-refractivity contribution in [2.45, 2.75) is 25.4 Å². The molecule has 1 N–H and O–H groups in total. The number of hydrogen-bond acceptors (Lipinski definition) is 1. The molecule has 0 saturated carbocycles. The van der Waals surface area contributed by atoms with Crippen molar-refractivity contribution in [1.82, 2.24) is 0 Å². The van der Waals surface area contributed by atoms with Gasteiger partial charge >= 0.3 is 0 Å². The van der Waals surface area contributed by atoms with Crippen molar-refractivity contribution in [2.75, 3.05) is 0 Å². The van der Waals surface area contributed by atoms with Gasteiger partial charge in [-0.1, -0.05) is 36.4 Å². The fourth-order valence-electron chi connectivity index (χ4n) is 2.19. The average Bonchev–Trinajstić information content (AvgIpc) is 2.33. The summed E-state index contributed by atoms with van der Waals surface area (Å²) in [5, 5.41) is 10.2. The molecule has 1 nitrogen and oxygen atoms in total. The van der Waals surface area contributed by atoms with Crippen LogP contribution in [0.5, 0.6) is 0 Å². The first-order valence-corrected chi connectivity index (χ1v) is 5.71. The molecule has 0 amide bonds. The fourth-order valence-corrected chi connectivity index (χ4v) is 2.19. The van der Waals surface area contributed by atoms with E-state index in [0.717, 1.165) is 30.4 Å². The lowest BCUT2D eigenvalue weighted by Crippen LogP contribution is -2.14. The van der Waals surface area contributed by atoms with Crippen LogP contribution in [-0.2, 0) is 0 Å². The van der Waals surface area contributed by atoms with Crippen molar-refractivity contribution in [2.24, 2.45) is 5.92 Å². The van der Waals surface area contributed by atoms with Crippen LogP contribution in [0.3, 0.4) is 0 Å². The largest absolute Gasteiger partial charge is 0.388 e. The lowest BCUT2D eigenvalue weighted by molar-refractivity contribution is 0.124. The topological polar surface area (TPSA) is 20.2 Å². The zero-order valence-electron chi connectivity index (χ0n) is 9.26. The summed E-state index contributed by atoms with van der Waals surface area (Å²) >= 11 is 0. The molecule has 0 fully saturated rings. The maximum absolute atomic E-state index is 10.2. The molecule has 2 atom stereocenters.